The molecular formula is C13H16FNO2. The molecule has 1 N–H and O–H groups in total. The number of amides is 1. The van der Waals surface area contributed by atoms with Crippen molar-refractivity contribution >= 4 is 5.91 Å². The van der Waals surface area contributed by atoms with Gasteiger partial charge in [0, 0.05) is 18.2 Å². The van der Waals surface area contributed by atoms with Crippen LogP contribution in [0, 0.1) is 12.7 Å². The second-order valence-corrected chi connectivity index (χ2v) is 4.47. The molecule has 0 bridgehead atoms. The molecule has 1 saturated carbocycles. The summed E-state index contributed by atoms with van der Waals surface area (Å²) in [6.45, 7) is 2.02. The largest absolute Gasteiger partial charge is 0.395 e. The van der Waals surface area contributed by atoms with Gasteiger partial charge in [-0.05, 0) is 43.5 Å². The fourth-order valence-electron chi connectivity index (χ4n) is 1.97. The van der Waals surface area contributed by atoms with Gasteiger partial charge in [0.1, 0.15) is 5.82 Å². The first kappa shape index (κ1) is 12.0. The van der Waals surface area contributed by atoms with Gasteiger partial charge in [0.25, 0.3) is 5.91 Å². The SMILES string of the molecule is Cc1cc(F)cc(C(=O)N(CCO)C2CC2)c1. The lowest BCUT2D eigenvalue weighted by Gasteiger charge is -2.21. The minimum absolute atomic E-state index is 0.0590. The third kappa shape index (κ3) is 2.82. The van der Waals surface area contributed by atoms with Gasteiger partial charge < -0.3 is 10.0 Å². The lowest BCUT2D eigenvalue weighted by Crippen LogP contribution is -2.35. The van der Waals surface area contributed by atoms with Gasteiger partial charge in [0.2, 0.25) is 0 Å². The number of hydrogen-bond acceptors (Lipinski definition) is 2. The van der Waals surface area contributed by atoms with E-state index in [1.807, 2.05) is 0 Å². The number of rotatable bonds is 4. The van der Waals surface area contributed by atoms with E-state index in [1.165, 1.54) is 12.1 Å². The molecule has 0 spiro atoms. The Bertz CT molecular complexity index is 409. The Kier molecular flexibility index (Phi) is 3.43. The predicted molar refractivity (Wildman–Crippen MR) is 62.3 cm³/mol. The maximum atomic E-state index is 13.2. The number of hydrogen-bond donors (Lipinski definition) is 1. The van der Waals surface area contributed by atoms with Crippen molar-refractivity contribution in [1.29, 1.82) is 0 Å². The summed E-state index contributed by atoms with van der Waals surface area (Å²) in [5, 5.41) is 8.95. The molecule has 0 radical (unpaired) electrons. The van der Waals surface area contributed by atoms with Gasteiger partial charge in [-0.3, -0.25) is 4.79 Å². The molecule has 0 saturated heterocycles. The van der Waals surface area contributed by atoms with Crippen LogP contribution in [0.5, 0.6) is 0 Å². The zero-order valence-electron chi connectivity index (χ0n) is 9.82. The Balaban J connectivity index is 2.21. The van der Waals surface area contributed by atoms with Crippen molar-refractivity contribution in [2.75, 3.05) is 13.2 Å². The molecular weight excluding hydrogens is 221 g/mol. The van der Waals surface area contributed by atoms with E-state index in [-0.39, 0.29) is 18.6 Å². The van der Waals surface area contributed by atoms with Gasteiger partial charge in [-0.15, -0.1) is 0 Å². The molecule has 4 heteroatoms. The molecule has 1 aliphatic carbocycles. The van der Waals surface area contributed by atoms with E-state index >= 15 is 0 Å². The number of carbonyl (C=O) groups excluding carboxylic acids is 1. The van der Waals surface area contributed by atoms with Crippen LogP contribution in [-0.2, 0) is 0 Å². The van der Waals surface area contributed by atoms with Crippen LogP contribution in [0.25, 0.3) is 0 Å². The standard InChI is InChI=1S/C13H16FNO2/c1-9-6-10(8-11(14)7-9)13(17)15(4-5-16)12-2-3-12/h6-8,12,16H,2-5H2,1H3. The fourth-order valence-corrected chi connectivity index (χ4v) is 1.97. The second-order valence-electron chi connectivity index (χ2n) is 4.47. The average molecular weight is 237 g/mol. The summed E-state index contributed by atoms with van der Waals surface area (Å²) in [5.74, 6) is -0.586. The first-order valence-corrected chi connectivity index (χ1v) is 5.81. The Morgan fingerprint density at radius 2 is 2.18 bits per heavy atom. The molecule has 1 aliphatic rings. The monoisotopic (exact) mass is 237 g/mol. The molecule has 17 heavy (non-hydrogen) atoms. The minimum Gasteiger partial charge on any atom is -0.395 e. The van der Waals surface area contributed by atoms with Gasteiger partial charge in [0.15, 0.2) is 0 Å². The van der Waals surface area contributed by atoms with Crippen LogP contribution in [0.4, 0.5) is 4.39 Å². The van der Waals surface area contributed by atoms with Crippen molar-refractivity contribution in [3.8, 4) is 0 Å². The lowest BCUT2D eigenvalue weighted by molar-refractivity contribution is 0.0707. The van der Waals surface area contributed by atoms with Crippen LogP contribution in [0.1, 0.15) is 28.8 Å². The Hall–Kier alpha value is -1.42. The van der Waals surface area contributed by atoms with Gasteiger partial charge in [0.05, 0.1) is 6.61 Å². The van der Waals surface area contributed by atoms with Gasteiger partial charge in [-0.2, -0.15) is 0 Å². The predicted octanol–water partition coefficient (Wildman–Crippen LogP) is 1.73. The first-order valence-electron chi connectivity index (χ1n) is 5.81. The second kappa shape index (κ2) is 4.84. The van der Waals surface area contributed by atoms with E-state index in [0.29, 0.717) is 12.1 Å². The molecule has 0 heterocycles. The van der Waals surface area contributed by atoms with Gasteiger partial charge in [-0.25, -0.2) is 4.39 Å². The first-order chi connectivity index (χ1) is 8.11. The summed E-state index contributed by atoms with van der Waals surface area (Å²) in [6, 6.07) is 4.54. The maximum absolute atomic E-state index is 13.2. The normalized spacial score (nSPS) is 14.8. The quantitative estimate of drug-likeness (QED) is 0.866. The van der Waals surface area contributed by atoms with Crippen molar-refractivity contribution in [2.45, 2.75) is 25.8 Å². The summed E-state index contributed by atoms with van der Waals surface area (Å²) in [4.78, 5) is 13.8. The molecule has 0 aliphatic heterocycles. The molecule has 0 aromatic heterocycles. The highest BCUT2D eigenvalue weighted by Gasteiger charge is 2.32. The zero-order valence-corrected chi connectivity index (χ0v) is 9.82. The Labute approximate surface area is 99.9 Å². The number of aliphatic hydroxyl groups is 1. The van der Waals surface area contributed by atoms with Crippen LogP contribution < -0.4 is 0 Å². The van der Waals surface area contributed by atoms with E-state index in [4.69, 9.17) is 5.11 Å². The minimum atomic E-state index is -0.395. The zero-order chi connectivity index (χ0) is 12.4. The number of halogens is 1. The topological polar surface area (TPSA) is 40.5 Å². The van der Waals surface area contributed by atoms with E-state index < -0.39 is 5.82 Å². The highest BCUT2D eigenvalue weighted by molar-refractivity contribution is 5.94. The fraction of sp³-hybridized carbons (Fsp3) is 0.462. The van der Waals surface area contributed by atoms with Crippen molar-refractivity contribution in [3.05, 3.63) is 35.1 Å². The van der Waals surface area contributed by atoms with E-state index in [0.717, 1.165) is 18.4 Å². The molecule has 3 nitrogen and oxygen atoms in total. The molecule has 1 aromatic rings. The van der Waals surface area contributed by atoms with Crippen LogP contribution in [0.3, 0.4) is 0 Å². The van der Waals surface area contributed by atoms with Crippen LogP contribution in [0.15, 0.2) is 18.2 Å². The summed E-state index contributed by atoms with van der Waals surface area (Å²) >= 11 is 0. The number of nitrogens with zero attached hydrogens (tertiary/aromatic N) is 1. The number of carbonyl (C=O) groups is 1. The summed E-state index contributed by atoms with van der Waals surface area (Å²) in [7, 11) is 0. The Morgan fingerprint density at radius 3 is 2.71 bits per heavy atom. The summed E-state index contributed by atoms with van der Waals surface area (Å²) in [6.07, 6.45) is 1.94. The Morgan fingerprint density at radius 1 is 1.47 bits per heavy atom. The molecule has 1 amide bonds. The third-order valence-corrected chi connectivity index (χ3v) is 2.88. The van der Waals surface area contributed by atoms with Gasteiger partial charge in [-0.1, -0.05) is 0 Å². The van der Waals surface area contributed by atoms with Crippen molar-refractivity contribution in [1.82, 2.24) is 4.90 Å². The van der Waals surface area contributed by atoms with E-state index in [1.54, 1.807) is 17.9 Å². The van der Waals surface area contributed by atoms with Crippen molar-refractivity contribution < 1.29 is 14.3 Å². The highest BCUT2D eigenvalue weighted by atomic mass is 19.1. The van der Waals surface area contributed by atoms with Crippen LogP contribution >= 0.6 is 0 Å². The molecule has 0 atom stereocenters. The number of aliphatic hydroxyl groups excluding tert-OH is 1. The molecule has 2 rings (SSSR count). The van der Waals surface area contributed by atoms with Crippen LogP contribution in [0.2, 0.25) is 0 Å². The molecule has 1 fully saturated rings. The number of aryl methyl sites for hydroxylation is 1. The maximum Gasteiger partial charge on any atom is 0.254 e. The van der Waals surface area contributed by atoms with E-state index in [2.05, 4.69) is 0 Å². The molecule has 1 aromatic carbocycles. The highest BCUT2D eigenvalue weighted by Crippen LogP contribution is 2.28. The third-order valence-electron chi connectivity index (χ3n) is 2.88. The molecule has 92 valence electrons. The summed E-state index contributed by atoms with van der Waals surface area (Å²) in [5.41, 5.74) is 1.09. The smallest absolute Gasteiger partial charge is 0.254 e. The average Bonchev–Trinajstić information content (AvgIpc) is 3.07. The van der Waals surface area contributed by atoms with Gasteiger partial charge >= 0.3 is 0 Å². The van der Waals surface area contributed by atoms with Crippen molar-refractivity contribution in [2.24, 2.45) is 0 Å². The lowest BCUT2D eigenvalue weighted by atomic mass is 10.1. The van der Waals surface area contributed by atoms with Crippen molar-refractivity contribution in [3.63, 3.8) is 0 Å². The number of benzene rings is 1. The van der Waals surface area contributed by atoms with E-state index in [9.17, 15) is 9.18 Å². The molecule has 0 unspecified atom stereocenters. The summed E-state index contributed by atoms with van der Waals surface area (Å²) < 4.78 is 13.2. The van der Waals surface area contributed by atoms with Crippen LogP contribution in [-0.4, -0.2) is 35.1 Å².